The molecule has 3 atom stereocenters. The molecule has 0 aromatic heterocycles. The van der Waals surface area contributed by atoms with Crippen molar-refractivity contribution in [3.8, 4) is 0 Å². The van der Waals surface area contributed by atoms with E-state index < -0.39 is 0 Å². The van der Waals surface area contributed by atoms with E-state index in [9.17, 15) is 4.79 Å². The lowest BCUT2D eigenvalue weighted by molar-refractivity contribution is -0.141. The lowest BCUT2D eigenvalue weighted by atomic mass is 9.81. The first-order valence-corrected chi connectivity index (χ1v) is 7.90. The molecule has 2 bridgehead atoms. The fourth-order valence-corrected chi connectivity index (χ4v) is 4.37. The lowest BCUT2D eigenvalue weighted by Gasteiger charge is -2.50. The molecule has 4 heteroatoms. The van der Waals surface area contributed by atoms with Gasteiger partial charge in [0, 0.05) is 24.7 Å². The number of carbonyl (C=O) groups is 1. The highest BCUT2D eigenvalue weighted by Crippen LogP contribution is 2.35. The van der Waals surface area contributed by atoms with Crippen LogP contribution in [-0.2, 0) is 4.79 Å². The molecule has 3 heterocycles. The monoisotopic (exact) mass is 265 g/mol. The van der Waals surface area contributed by atoms with Gasteiger partial charge in [-0.05, 0) is 52.6 Å². The van der Waals surface area contributed by atoms with Crippen LogP contribution in [0.3, 0.4) is 0 Å². The zero-order valence-electron chi connectivity index (χ0n) is 12.3. The second-order valence-corrected chi connectivity index (χ2v) is 6.54. The number of fused-ring (bicyclic) bond motifs is 2. The van der Waals surface area contributed by atoms with E-state index in [1.165, 1.54) is 32.1 Å². The molecule has 0 aliphatic carbocycles. The van der Waals surface area contributed by atoms with Crippen LogP contribution < -0.4 is 5.32 Å². The molecule has 0 spiro atoms. The number of hydrogen-bond acceptors (Lipinski definition) is 3. The van der Waals surface area contributed by atoms with Crippen molar-refractivity contribution >= 4 is 5.91 Å². The van der Waals surface area contributed by atoms with Gasteiger partial charge in [-0.1, -0.05) is 6.42 Å². The van der Waals surface area contributed by atoms with E-state index in [-0.39, 0.29) is 6.04 Å². The number of piperidine rings is 3. The van der Waals surface area contributed by atoms with Crippen molar-refractivity contribution in [2.45, 2.75) is 69.1 Å². The third kappa shape index (κ3) is 2.40. The minimum Gasteiger partial charge on any atom is -0.338 e. The predicted molar refractivity (Wildman–Crippen MR) is 76.0 cm³/mol. The minimum absolute atomic E-state index is 0.0632. The van der Waals surface area contributed by atoms with Gasteiger partial charge in [0.1, 0.15) is 0 Å². The van der Waals surface area contributed by atoms with Gasteiger partial charge in [0.05, 0.1) is 6.04 Å². The zero-order chi connectivity index (χ0) is 13.4. The van der Waals surface area contributed by atoms with Crippen LogP contribution in [0.25, 0.3) is 0 Å². The highest BCUT2D eigenvalue weighted by molar-refractivity contribution is 5.82. The van der Waals surface area contributed by atoms with Gasteiger partial charge in [-0.2, -0.15) is 0 Å². The Balaban J connectivity index is 1.70. The summed E-state index contributed by atoms with van der Waals surface area (Å²) in [5.74, 6) is 0.348. The first kappa shape index (κ1) is 13.4. The Labute approximate surface area is 116 Å². The zero-order valence-corrected chi connectivity index (χ0v) is 12.3. The topological polar surface area (TPSA) is 35.6 Å². The number of rotatable bonds is 2. The van der Waals surface area contributed by atoms with Gasteiger partial charge in [0.15, 0.2) is 0 Å². The summed E-state index contributed by atoms with van der Waals surface area (Å²) in [6.07, 6.45) is 8.55. The van der Waals surface area contributed by atoms with Crippen LogP contribution in [0.2, 0.25) is 0 Å². The number of likely N-dealkylation sites (N-methyl/N-ethyl adjacent to an activating group) is 1. The molecule has 3 saturated heterocycles. The van der Waals surface area contributed by atoms with Gasteiger partial charge in [-0.15, -0.1) is 0 Å². The van der Waals surface area contributed by atoms with E-state index in [0.717, 1.165) is 19.4 Å². The number of amides is 1. The molecule has 4 nitrogen and oxygen atoms in total. The number of nitrogens with one attached hydrogen (secondary N) is 1. The Morgan fingerprint density at radius 2 is 1.74 bits per heavy atom. The summed E-state index contributed by atoms with van der Waals surface area (Å²) >= 11 is 0. The number of nitrogens with zero attached hydrogens (tertiary/aromatic N) is 2. The van der Waals surface area contributed by atoms with E-state index in [4.69, 9.17) is 0 Å². The largest absolute Gasteiger partial charge is 0.338 e. The van der Waals surface area contributed by atoms with Crippen LogP contribution in [0, 0.1) is 0 Å². The van der Waals surface area contributed by atoms with Crippen LogP contribution in [-0.4, -0.2) is 60.5 Å². The molecule has 3 aliphatic heterocycles. The van der Waals surface area contributed by atoms with Gasteiger partial charge in [0.2, 0.25) is 5.91 Å². The van der Waals surface area contributed by atoms with E-state index >= 15 is 0 Å². The molecular formula is C15H27N3O. The molecular weight excluding hydrogens is 238 g/mol. The maximum atomic E-state index is 12.5. The summed E-state index contributed by atoms with van der Waals surface area (Å²) in [5, 5.41) is 3.18. The molecule has 0 saturated carbocycles. The maximum absolute atomic E-state index is 12.5. The minimum atomic E-state index is 0.0632. The average Bonchev–Trinajstić information content (AvgIpc) is 2.39. The quantitative estimate of drug-likeness (QED) is 0.815. The third-order valence-electron chi connectivity index (χ3n) is 5.58. The summed E-state index contributed by atoms with van der Waals surface area (Å²) in [5.41, 5.74) is 0. The van der Waals surface area contributed by atoms with Crippen molar-refractivity contribution in [1.29, 1.82) is 0 Å². The fraction of sp³-hybridized carbons (Fsp3) is 0.933. The van der Waals surface area contributed by atoms with Crippen molar-refractivity contribution in [3.63, 3.8) is 0 Å². The normalized spacial score (nSPS) is 40.5. The number of carbonyl (C=O) groups excluding carboxylic acids is 1. The second kappa shape index (κ2) is 5.41. The van der Waals surface area contributed by atoms with Crippen molar-refractivity contribution in [2.75, 3.05) is 20.6 Å². The van der Waals surface area contributed by atoms with Crippen molar-refractivity contribution in [3.05, 3.63) is 0 Å². The van der Waals surface area contributed by atoms with Crippen molar-refractivity contribution < 1.29 is 4.79 Å². The predicted octanol–water partition coefficient (Wildman–Crippen LogP) is 1.21. The summed E-state index contributed by atoms with van der Waals surface area (Å²) in [6, 6.07) is 1.98. The SMILES string of the molecule is CNC1CCCN(C2CC3CCCC(C2)N3C)C1=O. The third-order valence-corrected chi connectivity index (χ3v) is 5.58. The van der Waals surface area contributed by atoms with Gasteiger partial charge in [-0.3, -0.25) is 4.79 Å². The Hall–Kier alpha value is -0.610. The first-order valence-electron chi connectivity index (χ1n) is 7.90. The Morgan fingerprint density at radius 1 is 1.05 bits per heavy atom. The molecule has 108 valence electrons. The second-order valence-electron chi connectivity index (χ2n) is 6.54. The van der Waals surface area contributed by atoms with E-state index in [0.29, 0.717) is 24.0 Å². The molecule has 0 aromatic carbocycles. The van der Waals surface area contributed by atoms with Crippen LogP contribution in [0.4, 0.5) is 0 Å². The molecule has 3 fully saturated rings. The first-order chi connectivity index (χ1) is 9.20. The number of hydrogen-bond donors (Lipinski definition) is 1. The molecule has 0 aromatic rings. The summed E-state index contributed by atoms with van der Waals surface area (Å²) in [6.45, 7) is 0.977. The number of likely N-dealkylation sites (tertiary alicyclic amines) is 1. The average molecular weight is 265 g/mol. The molecule has 19 heavy (non-hydrogen) atoms. The van der Waals surface area contributed by atoms with Crippen LogP contribution >= 0.6 is 0 Å². The van der Waals surface area contributed by atoms with E-state index in [1.807, 2.05) is 7.05 Å². The highest BCUT2D eigenvalue weighted by atomic mass is 16.2. The Morgan fingerprint density at radius 3 is 2.37 bits per heavy atom. The molecule has 3 unspecified atom stereocenters. The van der Waals surface area contributed by atoms with Gasteiger partial charge >= 0.3 is 0 Å². The Kier molecular flexibility index (Phi) is 3.81. The highest BCUT2D eigenvalue weighted by Gasteiger charge is 2.41. The maximum Gasteiger partial charge on any atom is 0.239 e. The molecule has 0 radical (unpaired) electrons. The molecule has 3 aliphatic rings. The smallest absolute Gasteiger partial charge is 0.239 e. The van der Waals surface area contributed by atoms with Crippen LogP contribution in [0.15, 0.2) is 0 Å². The molecule has 3 rings (SSSR count). The van der Waals surface area contributed by atoms with Crippen molar-refractivity contribution in [2.24, 2.45) is 0 Å². The van der Waals surface area contributed by atoms with Crippen LogP contribution in [0.5, 0.6) is 0 Å². The van der Waals surface area contributed by atoms with E-state index in [2.05, 4.69) is 22.2 Å². The standard InChI is InChI=1S/C15H27N3O/c1-16-14-7-4-8-18(15(14)19)13-9-11-5-3-6-12(10-13)17(11)2/h11-14,16H,3-10H2,1-2H3. The summed E-state index contributed by atoms with van der Waals surface area (Å²) < 4.78 is 0. The van der Waals surface area contributed by atoms with Crippen LogP contribution in [0.1, 0.15) is 44.9 Å². The fourth-order valence-electron chi connectivity index (χ4n) is 4.37. The van der Waals surface area contributed by atoms with E-state index in [1.54, 1.807) is 0 Å². The van der Waals surface area contributed by atoms with Gasteiger partial charge in [-0.25, -0.2) is 0 Å². The summed E-state index contributed by atoms with van der Waals surface area (Å²) in [7, 11) is 4.19. The van der Waals surface area contributed by atoms with Gasteiger partial charge < -0.3 is 15.1 Å². The molecule has 1 amide bonds. The van der Waals surface area contributed by atoms with Crippen molar-refractivity contribution in [1.82, 2.24) is 15.1 Å². The summed E-state index contributed by atoms with van der Waals surface area (Å²) in [4.78, 5) is 17.3. The Bertz CT molecular complexity index is 332. The van der Waals surface area contributed by atoms with Gasteiger partial charge in [0.25, 0.3) is 0 Å². The molecule has 1 N–H and O–H groups in total. The lowest BCUT2D eigenvalue weighted by Crippen LogP contribution is -2.60.